The van der Waals surface area contributed by atoms with Gasteiger partial charge in [-0.05, 0) is 49.2 Å². The van der Waals surface area contributed by atoms with Crippen molar-refractivity contribution in [2.24, 2.45) is 0 Å². The maximum absolute atomic E-state index is 14.3. The predicted octanol–water partition coefficient (Wildman–Crippen LogP) is 6.71. The highest BCUT2D eigenvalue weighted by atomic mass is 19.4. The van der Waals surface area contributed by atoms with Crippen LogP contribution in [0.25, 0.3) is 11.0 Å². The first-order valence-corrected chi connectivity index (χ1v) is 13.1. The third-order valence-electron chi connectivity index (χ3n) is 6.79. The molecule has 0 fully saturated rings. The van der Waals surface area contributed by atoms with Crippen LogP contribution in [0.2, 0.25) is 0 Å². The van der Waals surface area contributed by atoms with E-state index in [1.807, 2.05) is 66.7 Å². The Morgan fingerprint density at radius 1 is 0.805 bits per heavy atom. The highest BCUT2D eigenvalue weighted by Gasteiger charge is 2.41. The number of fused-ring (bicyclic) bond motifs is 1. The van der Waals surface area contributed by atoms with Crippen molar-refractivity contribution in [3.05, 3.63) is 135 Å². The molecule has 0 saturated carbocycles. The van der Waals surface area contributed by atoms with Crippen molar-refractivity contribution >= 4 is 11.0 Å². The quantitative estimate of drug-likeness (QED) is 0.221. The molecule has 0 bridgehead atoms. The molecule has 4 aromatic carbocycles. The van der Waals surface area contributed by atoms with Gasteiger partial charge in [-0.2, -0.15) is 13.2 Å². The van der Waals surface area contributed by atoms with Gasteiger partial charge in [0.05, 0.1) is 10.9 Å². The molecule has 0 aliphatic heterocycles. The zero-order valence-electron chi connectivity index (χ0n) is 22.6. The lowest BCUT2D eigenvalue weighted by Crippen LogP contribution is -3.08. The van der Waals surface area contributed by atoms with Gasteiger partial charge in [0.2, 0.25) is 11.2 Å². The van der Waals surface area contributed by atoms with E-state index in [0.717, 1.165) is 27.2 Å². The second kappa shape index (κ2) is 11.5. The normalized spacial score (nSPS) is 11.8. The van der Waals surface area contributed by atoms with Crippen LogP contribution >= 0.6 is 0 Å². The number of alkyl halides is 3. The topological polar surface area (TPSA) is 64.1 Å². The minimum atomic E-state index is -5.02. The summed E-state index contributed by atoms with van der Waals surface area (Å²) in [4.78, 5) is 14.5. The molecule has 0 aliphatic rings. The molecule has 0 unspecified atom stereocenters. The fourth-order valence-corrected chi connectivity index (χ4v) is 5.05. The van der Waals surface area contributed by atoms with E-state index in [9.17, 15) is 23.1 Å². The molecule has 0 aliphatic carbocycles. The Morgan fingerprint density at radius 3 is 1.90 bits per heavy atom. The number of halogens is 3. The molecule has 2 N–H and O–H groups in total. The van der Waals surface area contributed by atoms with Crippen LogP contribution in [0.3, 0.4) is 0 Å². The molecule has 5 nitrogen and oxygen atoms in total. The molecular formula is C33H29F3NO4+. The van der Waals surface area contributed by atoms with Crippen LogP contribution < -0.4 is 15.1 Å². The number of hydrogen-bond donors (Lipinski definition) is 2. The lowest BCUT2D eigenvalue weighted by atomic mass is 10.1. The molecular weight excluding hydrogens is 531 g/mol. The number of aromatic hydroxyl groups is 1. The predicted molar refractivity (Wildman–Crippen MR) is 150 cm³/mol. The number of nitrogens with one attached hydrogen (secondary N) is 1. The highest BCUT2D eigenvalue weighted by Crippen LogP contribution is 2.40. The van der Waals surface area contributed by atoms with Crippen LogP contribution in [0.1, 0.15) is 33.6 Å². The van der Waals surface area contributed by atoms with Gasteiger partial charge in [0, 0.05) is 11.1 Å². The van der Waals surface area contributed by atoms with E-state index in [1.54, 1.807) is 26.0 Å². The zero-order chi connectivity index (χ0) is 29.1. The minimum Gasteiger partial charge on any atom is -0.507 e. The van der Waals surface area contributed by atoms with E-state index in [1.165, 1.54) is 12.1 Å². The van der Waals surface area contributed by atoms with Crippen molar-refractivity contribution in [3.8, 4) is 17.2 Å². The summed E-state index contributed by atoms with van der Waals surface area (Å²) < 4.78 is 53.9. The third kappa shape index (κ3) is 6.44. The SMILES string of the molecule is Cc1cc(C)cc(Oc2c(C(F)(F)F)oc3c(C[NH+](Cc4ccccc4)Cc4ccccc4)c(O)ccc3c2=O)c1. The Morgan fingerprint density at radius 2 is 1.37 bits per heavy atom. The van der Waals surface area contributed by atoms with Crippen LogP contribution in [0.15, 0.2) is 100 Å². The van der Waals surface area contributed by atoms with Crippen LogP contribution in [0, 0.1) is 13.8 Å². The van der Waals surface area contributed by atoms with E-state index >= 15 is 0 Å². The summed E-state index contributed by atoms with van der Waals surface area (Å²) >= 11 is 0. The number of phenolic OH excluding ortho intramolecular Hbond substituents is 1. The fraction of sp³-hybridized carbons (Fsp3) is 0.182. The van der Waals surface area contributed by atoms with Crippen molar-refractivity contribution in [2.45, 2.75) is 39.7 Å². The fourth-order valence-electron chi connectivity index (χ4n) is 5.05. The number of quaternary nitrogens is 1. The number of benzene rings is 4. The second-order valence-corrected chi connectivity index (χ2v) is 10.2. The Bertz CT molecular complexity index is 1670. The van der Waals surface area contributed by atoms with Gasteiger partial charge in [-0.25, -0.2) is 0 Å². The molecule has 8 heteroatoms. The molecule has 5 aromatic rings. The van der Waals surface area contributed by atoms with E-state index in [0.29, 0.717) is 13.1 Å². The number of hydrogen-bond acceptors (Lipinski definition) is 4. The molecule has 0 amide bonds. The summed E-state index contributed by atoms with van der Waals surface area (Å²) in [6.45, 7) is 4.71. The van der Waals surface area contributed by atoms with E-state index in [-0.39, 0.29) is 34.6 Å². The first-order chi connectivity index (χ1) is 19.6. The molecule has 1 heterocycles. The average molecular weight is 561 g/mol. The lowest BCUT2D eigenvalue weighted by molar-refractivity contribution is -0.941. The Kier molecular flexibility index (Phi) is 7.85. The number of rotatable bonds is 8. The maximum atomic E-state index is 14.3. The molecule has 0 saturated heterocycles. The number of ether oxygens (including phenoxy) is 1. The van der Waals surface area contributed by atoms with Crippen LogP contribution in [-0.2, 0) is 25.8 Å². The molecule has 210 valence electrons. The Labute approximate surface area is 235 Å². The first kappa shape index (κ1) is 28.0. The van der Waals surface area contributed by atoms with Gasteiger partial charge in [-0.1, -0.05) is 66.7 Å². The van der Waals surface area contributed by atoms with Crippen molar-refractivity contribution in [3.63, 3.8) is 0 Å². The molecule has 1 aromatic heterocycles. The summed E-state index contributed by atoms with van der Waals surface area (Å²) in [5, 5.41) is 10.7. The van der Waals surface area contributed by atoms with Crippen molar-refractivity contribution in [2.75, 3.05) is 0 Å². The zero-order valence-corrected chi connectivity index (χ0v) is 22.6. The van der Waals surface area contributed by atoms with E-state index < -0.39 is 23.1 Å². The second-order valence-electron chi connectivity index (χ2n) is 10.2. The third-order valence-corrected chi connectivity index (χ3v) is 6.79. The summed E-state index contributed by atoms with van der Waals surface area (Å²) in [5.74, 6) is -2.64. The lowest BCUT2D eigenvalue weighted by Gasteiger charge is -2.21. The van der Waals surface area contributed by atoms with Crippen LogP contribution in [0.4, 0.5) is 13.2 Å². The van der Waals surface area contributed by atoms with E-state index in [2.05, 4.69) is 0 Å². The summed E-state index contributed by atoms with van der Waals surface area (Å²) in [6, 6.07) is 26.8. The van der Waals surface area contributed by atoms with Crippen molar-refractivity contribution in [1.29, 1.82) is 0 Å². The smallest absolute Gasteiger partial charge is 0.453 e. The molecule has 0 spiro atoms. The van der Waals surface area contributed by atoms with Gasteiger partial charge >= 0.3 is 6.18 Å². The summed E-state index contributed by atoms with van der Waals surface area (Å²) in [5.41, 5.74) is 2.40. The van der Waals surface area contributed by atoms with Crippen LogP contribution in [0.5, 0.6) is 17.2 Å². The number of phenols is 1. The summed E-state index contributed by atoms with van der Waals surface area (Å²) in [6.07, 6.45) is -5.02. The Balaban J connectivity index is 1.62. The average Bonchev–Trinajstić information content (AvgIpc) is 2.91. The summed E-state index contributed by atoms with van der Waals surface area (Å²) in [7, 11) is 0. The van der Waals surface area contributed by atoms with Gasteiger partial charge < -0.3 is 19.2 Å². The standard InChI is InChI=1S/C33H28F3NO4/c1-21-15-22(2)17-25(16-21)40-31-29(39)26-13-14-28(38)27(30(26)41-32(31)33(34,35)36)20-37(18-23-9-5-3-6-10-23)19-24-11-7-4-8-12-24/h3-17,38H,18-20H2,1-2H3/p+1. The molecule has 0 radical (unpaired) electrons. The minimum absolute atomic E-state index is 0.0972. The van der Waals surface area contributed by atoms with Gasteiger partial charge in [0.15, 0.2) is 5.58 Å². The monoisotopic (exact) mass is 560 g/mol. The number of aryl methyl sites for hydroxylation is 2. The molecule has 0 atom stereocenters. The molecule has 5 rings (SSSR count). The Hall–Kier alpha value is -4.56. The van der Waals surface area contributed by atoms with Crippen molar-refractivity contribution < 1.29 is 32.3 Å². The molecule has 41 heavy (non-hydrogen) atoms. The van der Waals surface area contributed by atoms with Gasteiger partial charge in [-0.3, -0.25) is 4.79 Å². The first-order valence-electron chi connectivity index (χ1n) is 13.1. The van der Waals surface area contributed by atoms with Crippen molar-refractivity contribution in [1.82, 2.24) is 0 Å². The van der Waals surface area contributed by atoms with Gasteiger partial charge in [0.1, 0.15) is 31.1 Å². The van der Waals surface area contributed by atoms with Gasteiger partial charge in [-0.15, -0.1) is 0 Å². The van der Waals surface area contributed by atoms with E-state index in [4.69, 9.17) is 9.15 Å². The van der Waals surface area contributed by atoms with Crippen LogP contribution in [-0.4, -0.2) is 5.11 Å². The maximum Gasteiger partial charge on any atom is 0.453 e. The highest BCUT2D eigenvalue weighted by molar-refractivity contribution is 5.83. The largest absolute Gasteiger partial charge is 0.507 e. The van der Waals surface area contributed by atoms with Gasteiger partial charge in [0.25, 0.3) is 5.76 Å².